The zero-order valence-corrected chi connectivity index (χ0v) is 25.4. The number of anilines is 1. The van der Waals surface area contributed by atoms with Crippen LogP contribution in [-0.4, -0.2) is 39.5 Å². The van der Waals surface area contributed by atoms with Crippen LogP contribution in [0.25, 0.3) is 0 Å². The second-order valence-electron chi connectivity index (χ2n) is 11.2. The van der Waals surface area contributed by atoms with E-state index in [-0.39, 0.29) is 39.8 Å². The Labute approximate surface area is 268 Å². The number of hydrogen-bond acceptors (Lipinski definition) is 6. The number of carbonyl (C=O) groups excluding carboxylic acids is 1. The van der Waals surface area contributed by atoms with Crippen LogP contribution >= 0.6 is 23.2 Å². The van der Waals surface area contributed by atoms with Gasteiger partial charge in [0.15, 0.2) is 5.54 Å². The second-order valence-corrected chi connectivity index (χ2v) is 12.0. The summed E-state index contributed by atoms with van der Waals surface area (Å²) in [7, 11) is 0. The van der Waals surface area contributed by atoms with Gasteiger partial charge in [-0.3, -0.25) is 10.1 Å². The maximum atomic E-state index is 16.1. The molecular formula is C34H27Cl2FN4O4. The number of nitrogens with zero attached hydrogens (tertiary/aromatic N) is 2. The Balaban J connectivity index is 1.45. The molecule has 1 spiro atoms. The largest absolute Gasteiger partial charge is 0.494 e. The van der Waals surface area contributed by atoms with Crippen LogP contribution in [-0.2, 0) is 16.9 Å². The standard InChI is InChI=1S/C34H27Cl2FN4O4/c1-2-45-21-6-3-5-18(15-21)17-41-26-16-25(19-9-11-20(12-10-19)32(42)43)38-30(26)28(22-7-4-8-24(35)29(22)37)34(41)23-13-14-27(36)39-31(23)40-33(34)44/h3-16,25,28,30,38H,2,17H2,1H3,(H,42,43)(H,39,40,44)/t25-,28-,30+,34+/m0/s1. The first-order valence-electron chi connectivity index (χ1n) is 14.4. The highest BCUT2D eigenvalue weighted by Gasteiger charge is 2.67. The molecule has 1 amide bonds. The van der Waals surface area contributed by atoms with Crippen molar-refractivity contribution in [1.82, 2.24) is 15.2 Å². The first kappa shape index (κ1) is 29.3. The van der Waals surface area contributed by atoms with Crippen molar-refractivity contribution in [3.8, 4) is 5.75 Å². The average Bonchev–Trinajstić information content (AvgIpc) is 3.65. The monoisotopic (exact) mass is 644 g/mol. The normalized spacial score (nSPS) is 23.1. The molecule has 8 nitrogen and oxygen atoms in total. The fourth-order valence-corrected chi connectivity index (χ4v) is 7.30. The summed E-state index contributed by atoms with van der Waals surface area (Å²) in [6.45, 7) is 2.69. The quantitative estimate of drug-likeness (QED) is 0.193. The van der Waals surface area contributed by atoms with Crippen molar-refractivity contribution in [1.29, 1.82) is 0 Å². The van der Waals surface area contributed by atoms with Gasteiger partial charge >= 0.3 is 5.97 Å². The lowest BCUT2D eigenvalue weighted by molar-refractivity contribution is -0.126. The number of pyridine rings is 1. The molecule has 0 bridgehead atoms. The Bertz CT molecular complexity index is 1880. The Morgan fingerprint density at radius 2 is 1.87 bits per heavy atom. The molecule has 1 aromatic heterocycles. The Hall–Kier alpha value is -4.44. The lowest BCUT2D eigenvalue weighted by atomic mass is 9.74. The smallest absolute Gasteiger partial charge is 0.335 e. The van der Waals surface area contributed by atoms with Crippen LogP contribution in [0.15, 0.2) is 90.6 Å². The highest BCUT2D eigenvalue weighted by molar-refractivity contribution is 6.31. The summed E-state index contributed by atoms with van der Waals surface area (Å²) in [4.78, 5) is 32.4. The van der Waals surface area contributed by atoms with Crippen LogP contribution in [0.5, 0.6) is 5.75 Å². The summed E-state index contributed by atoms with van der Waals surface area (Å²) in [5.41, 5.74) is 2.07. The molecular weight excluding hydrogens is 618 g/mol. The van der Waals surface area contributed by atoms with Gasteiger partial charge in [0, 0.05) is 23.7 Å². The minimum atomic E-state index is -1.43. The molecule has 1 saturated heterocycles. The molecule has 4 aromatic rings. The number of nitrogens with one attached hydrogen (secondary N) is 2. The third kappa shape index (κ3) is 4.65. The predicted octanol–water partition coefficient (Wildman–Crippen LogP) is 6.67. The van der Waals surface area contributed by atoms with E-state index in [1.54, 1.807) is 48.5 Å². The van der Waals surface area contributed by atoms with Gasteiger partial charge in [0.2, 0.25) is 0 Å². The first-order valence-corrected chi connectivity index (χ1v) is 15.2. The molecule has 3 N–H and O–H groups in total. The summed E-state index contributed by atoms with van der Waals surface area (Å²) in [6, 6.07) is 21.6. The molecule has 4 heterocycles. The number of carboxylic acid groups (broad SMARTS) is 1. The molecule has 0 unspecified atom stereocenters. The summed E-state index contributed by atoms with van der Waals surface area (Å²) in [5.74, 6) is -1.77. The van der Waals surface area contributed by atoms with E-state index < -0.39 is 29.3 Å². The van der Waals surface area contributed by atoms with E-state index >= 15 is 4.39 Å². The number of benzene rings is 3. The third-order valence-corrected chi connectivity index (χ3v) is 9.27. The van der Waals surface area contributed by atoms with Gasteiger partial charge in [-0.15, -0.1) is 0 Å². The highest BCUT2D eigenvalue weighted by atomic mass is 35.5. The van der Waals surface area contributed by atoms with Crippen molar-refractivity contribution < 1.29 is 23.8 Å². The summed E-state index contributed by atoms with van der Waals surface area (Å²) < 4.78 is 21.9. The minimum Gasteiger partial charge on any atom is -0.494 e. The van der Waals surface area contributed by atoms with E-state index in [9.17, 15) is 14.7 Å². The van der Waals surface area contributed by atoms with Crippen LogP contribution in [0.2, 0.25) is 10.2 Å². The first-order chi connectivity index (χ1) is 21.7. The lowest BCUT2D eigenvalue weighted by Gasteiger charge is -2.40. The molecule has 0 saturated carbocycles. The topological polar surface area (TPSA) is 104 Å². The van der Waals surface area contributed by atoms with Crippen LogP contribution in [0.4, 0.5) is 10.2 Å². The number of fused-ring (bicyclic) bond motifs is 3. The molecule has 4 atom stereocenters. The molecule has 0 aliphatic carbocycles. The van der Waals surface area contributed by atoms with Crippen molar-refractivity contribution in [2.24, 2.45) is 0 Å². The summed E-state index contributed by atoms with van der Waals surface area (Å²) >= 11 is 12.6. The second kappa shape index (κ2) is 11.2. The van der Waals surface area contributed by atoms with Gasteiger partial charge in [-0.05, 0) is 72.2 Å². The van der Waals surface area contributed by atoms with Gasteiger partial charge in [-0.2, -0.15) is 0 Å². The summed E-state index contributed by atoms with van der Waals surface area (Å²) in [6.07, 6.45) is 2.02. The summed E-state index contributed by atoms with van der Waals surface area (Å²) in [5, 5.41) is 16.1. The molecule has 7 rings (SSSR count). The van der Waals surface area contributed by atoms with Gasteiger partial charge in [0.25, 0.3) is 5.91 Å². The maximum Gasteiger partial charge on any atom is 0.335 e. The van der Waals surface area contributed by atoms with Gasteiger partial charge in [0.1, 0.15) is 22.5 Å². The molecule has 3 aliphatic heterocycles. The van der Waals surface area contributed by atoms with E-state index in [1.807, 2.05) is 42.2 Å². The molecule has 0 radical (unpaired) electrons. The third-order valence-electron chi connectivity index (χ3n) is 8.77. The van der Waals surface area contributed by atoms with Gasteiger partial charge in [-0.1, -0.05) is 59.6 Å². The van der Waals surface area contributed by atoms with Crippen molar-refractivity contribution in [3.05, 3.63) is 134 Å². The Morgan fingerprint density at radius 3 is 2.62 bits per heavy atom. The number of carbonyl (C=O) groups is 2. The fraction of sp³-hybridized carbons (Fsp3) is 0.206. The van der Waals surface area contributed by atoms with Crippen molar-refractivity contribution >= 4 is 40.9 Å². The number of ether oxygens (including phenoxy) is 1. The number of carboxylic acids is 1. The minimum absolute atomic E-state index is 0.0530. The van der Waals surface area contributed by atoms with Crippen molar-refractivity contribution in [2.45, 2.75) is 37.0 Å². The average molecular weight is 646 g/mol. The molecule has 11 heteroatoms. The SMILES string of the molecule is CCOc1cccc(CN2C3=C[C@@H](c4ccc(C(=O)O)cc4)N[C@H]3[C@H](c3cccc(Cl)c3F)[C@]23C(=O)Nc2nc(Cl)ccc23)c1. The lowest BCUT2D eigenvalue weighted by Crippen LogP contribution is -2.50. The number of rotatable bonds is 7. The number of amides is 1. The highest BCUT2D eigenvalue weighted by Crippen LogP contribution is 2.60. The number of aromatic nitrogens is 1. The van der Waals surface area contributed by atoms with Gasteiger partial charge in [0.05, 0.1) is 29.3 Å². The van der Waals surface area contributed by atoms with E-state index in [0.717, 1.165) is 16.8 Å². The molecule has 3 aliphatic rings. The van der Waals surface area contributed by atoms with Crippen LogP contribution < -0.4 is 15.4 Å². The molecule has 3 aromatic carbocycles. The van der Waals surface area contributed by atoms with E-state index in [2.05, 4.69) is 15.6 Å². The zero-order chi connectivity index (χ0) is 31.5. The molecule has 228 valence electrons. The Morgan fingerprint density at radius 1 is 1.09 bits per heavy atom. The van der Waals surface area contributed by atoms with E-state index in [0.29, 0.717) is 23.7 Å². The van der Waals surface area contributed by atoms with Gasteiger partial charge in [-0.25, -0.2) is 14.2 Å². The number of aromatic carboxylic acids is 1. The molecule has 45 heavy (non-hydrogen) atoms. The fourth-order valence-electron chi connectivity index (χ4n) is 6.97. The zero-order valence-electron chi connectivity index (χ0n) is 23.9. The van der Waals surface area contributed by atoms with Crippen molar-refractivity contribution in [2.75, 3.05) is 11.9 Å². The Kier molecular flexibility index (Phi) is 7.27. The molecule has 1 fully saturated rings. The van der Waals surface area contributed by atoms with Crippen LogP contribution in [0.1, 0.15) is 51.5 Å². The number of halogens is 3. The van der Waals surface area contributed by atoms with Crippen molar-refractivity contribution in [3.63, 3.8) is 0 Å². The van der Waals surface area contributed by atoms with Gasteiger partial charge < -0.3 is 20.1 Å². The van der Waals surface area contributed by atoms with Crippen LogP contribution in [0.3, 0.4) is 0 Å². The maximum absolute atomic E-state index is 16.1. The number of hydrogen-bond donors (Lipinski definition) is 3. The van der Waals surface area contributed by atoms with Crippen LogP contribution in [0, 0.1) is 5.82 Å². The van der Waals surface area contributed by atoms with E-state index in [4.69, 9.17) is 27.9 Å². The predicted molar refractivity (Wildman–Crippen MR) is 168 cm³/mol. The van der Waals surface area contributed by atoms with E-state index in [1.165, 1.54) is 6.07 Å². The number of likely N-dealkylation sites (tertiary alicyclic amines) is 1.